The van der Waals surface area contributed by atoms with E-state index in [9.17, 15) is 9.59 Å². The van der Waals surface area contributed by atoms with E-state index in [1.54, 1.807) is 0 Å². The average molecular weight is 421 g/mol. The minimum absolute atomic E-state index is 0.0383. The van der Waals surface area contributed by atoms with Crippen LogP contribution in [0.1, 0.15) is 105 Å². The highest BCUT2D eigenvalue weighted by atomic mass is 16.5. The molecule has 30 heavy (non-hydrogen) atoms. The minimum atomic E-state index is -0.223. The van der Waals surface area contributed by atoms with Crippen LogP contribution < -0.4 is 0 Å². The number of ether oxygens (including phenoxy) is 2. The molecule has 0 aromatic rings. The van der Waals surface area contributed by atoms with Crippen LogP contribution in [0.2, 0.25) is 0 Å². The van der Waals surface area contributed by atoms with Crippen LogP contribution in [0.4, 0.5) is 0 Å². The fourth-order valence-electron chi connectivity index (χ4n) is 4.16. The fraction of sp³-hybridized carbons (Fsp3) is 0.769. The van der Waals surface area contributed by atoms with Gasteiger partial charge in [0.1, 0.15) is 12.2 Å². The van der Waals surface area contributed by atoms with Crippen LogP contribution in [0.25, 0.3) is 0 Å². The van der Waals surface area contributed by atoms with Crippen molar-refractivity contribution in [1.29, 1.82) is 0 Å². The standard InChI is InChI=1S/C26H44O4/c1-5-7-9-10-11-12-16-24(29-21(3)27)17-14-13-15-23-19-20-25(23)26(18-8-6-2)30-22(4)28/h13-15,17,23-26H,5-12,16,18-20H2,1-4H3/b15-13+,17-14+. The van der Waals surface area contributed by atoms with Crippen molar-refractivity contribution in [2.75, 3.05) is 0 Å². The molecule has 0 aromatic carbocycles. The normalized spacial score (nSPS) is 20.8. The van der Waals surface area contributed by atoms with Crippen molar-refractivity contribution in [3.63, 3.8) is 0 Å². The molecule has 1 aliphatic carbocycles. The Morgan fingerprint density at radius 1 is 0.833 bits per heavy atom. The van der Waals surface area contributed by atoms with Gasteiger partial charge in [-0.3, -0.25) is 9.59 Å². The highest BCUT2D eigenvalue weighted by Crippen LogP contribution is 2.40. The number of carbonyl (C=O) groups excluding carboxylic acids is 2. The molecule has 4 heteroatoms. The van der Waals surface area contributed by atoms with Gasteiger partial charge in [-0.15, -0.1) is 0 Å². The first-order chi connectivity index (χ1) is 14.5. The number of unbranched alkanes of at least 4 members (excludes halogenated alkanes) is 6. The van der Waals surface area contributed by atoms with Gasteiger partial charge in [0.25, 0.3) is 0 Å². The van der Waals surface area contributed by atoms with E-state index in [1.807, 2.05) is 12.2 Å². The Hall–Kier alpha value is -1.58. The lowest BCUT2D eigenvalue weighted by Crippen LogP contribution is -2.37. The van der Waals surface area contributed by atoms with Gasteiger partial charge >= 0.3 is 11.9 Å². The Balaban J connectivity index is 2.49. The molecule has 1 fully saturated rings. The highest BCUT2D eigenvalue weighted by Gasteiger charge is 2.36. The molecule has 4 nitrogen and oxygen atoms in total. The summed E-state index contributed by atoms with van der Waals surface area (Å²) in [6.07, 6.45) is 21.9. The summed E-state index contributed by atoms with van der Waals surface area (Å²) in [7, 11) is 0. The zero-order valence-corrected chi connectivity index (χ0v) is 19.7. The van der Waals surface area contributed by atoms with E-state index in [0.717, 1.165) is 44.9 Å². The van der Waals surface area contributed by atoms with E-state index in [1.165, 1.54) is 46.0 Å². The summed E-state index contributed by atoms with van der Waals surface area (Å²) in [5.41, 5.74) is 0. The lowest BCUT2D eigenvalue weighted by molar-refractivity contribution is -0.153. The lowest BCUT2D eigenvalue weighted by Gasteiger charge is -2.39. The third kappa shape index (κ3) is 11.6. The van der Waals surface area contributed by atoms with Gasteiger partial charge in [-0.1, -0.05) is 77.0 Å². The van der Waals surface area contributed by atoms with Crippen LogP contribution in [-0.2, 0) is 19.1 Å². The van der Waals surface area contributed by atoms with E-state index >= 15 is 0 Å². The van der Waals surface area contributed by atoms with Gasteiger partial charge in [0.05, 0.1) is 0 Å². The molecule has 0 N–H and O–H groups in total. The molecule has 1 rings (SSSR count). The monoisotopic (exact) mass is 420 g/mol. The molecule has 4 atom stereocenters. The molecular weight excluding hydrogens is 376 g/mol. The summed E-state index contributed by atoms with van der Waals surface area (Å²) in [5.74, 6) is 0.488. The summed E-state index contributed by atoms with van der Waals surface area (Å²) in [4.78, 5) is 22.9. The summed E-state index contributed by atoms with van der Waals surface area (Å²) in [5, 5.41) is 0. The van der Waals surface area contributed by atoms with E-state index in [0.29, 0.717) is 11.8 Å². The third-order valence-electron chi connectivity index (χ3n) is 5.98. The molecule has 0 spiro atoms. The predicted molar refractivity (Wildman–Crippen MR) is 123 cm³/mol. The maximum Gasteiger partial charge on any atom is 0.303 e. The Morgan fingerprint density at radius 2 is 1.50 bits per heavy atom. The largest absolute Gasteiger partial charge is 0.462 e. The topological polar surface area (TPSA) is 52.6 Å². The van der Waals surface area contributed by atoms with Gasteiger partial charge in [0, 0.05) is 19.8 Å². The molecule has 172 valence electrons. The molecule has 0 heterocycles. The van der Waals surface area contributed by atoms with Crippen molar-refractivity contribution in [2.45, 2.75) is 117 Å². The van der Waals surface area contributed by atoms with Gasteiger partial charge in [-0.25, -0.2) is 0 Å². The summed E-state index contributed by atoms with van der Waals surface area (Å²) in [6, 6.07) is 0. The molecule has 0 bridgehead atoms. The number of hydrogen-bond acceptors (Lipinski definition) is 4. The summed E-state index contributed by atoms with van der Waals surface area (Å²) in [6.45, 7) is 7.37. The molecular formula is C26H44O4. The quantitative estimate of drug-likeness (QED) is 0.154. The van der Waals surface area contributed by atoms with Crippen LogP contribution in [-0.4, -0.2) is 24.1 Å². The molecule has 0 amide bonds. The van der Waals surface area contributed by atoms with Gasteiger partial charge in [0.15, 0.2) is 0 Å². The number of carbonyl (C=O) groups is 2. The number of esters is 2. The van der Waals surface area contributed by atoms with Gasteiger partial charge in [-0.05, 0) is 44.1 Å². The maximum atomic E-state index is 11.5. The van der Waals surface area contributed by atoms with E-state index < -0.39 is 0 Å². The van der Waals surface area contributed by atoms with Crippen molar-refractivity contribution >= 4 is 11.9 Å². The van der Waals surface area contributed by atoms with Crippen LogP contribution in [0.3, 0.4) is 0 Å². The maximum absolute atomic E-state index is 11.5. The van der Waals surface area contributed by atoms with E-state index in [-0.39, 0.29) is 24.1 Å². The second-order valence-corrected chi connectivity index (χ2v) is 8.67. The van der Waals surface area contributed by atoms with Crippen LogP contribution >= 0.6 is 0 Å². The summed E-state index contributed by atoms with van der Waals surface area (Å²) < 4.78 is 11.1. The molecule has 0 aliphatic heterocycles. The molecule has 0 saturated heterocycles. The van der Waals surface area contributed by atoms with Gasteiger partial charge in [0.2, 0.25) is 0 Å². The molecule has 0 radical (unpaired) electrons. The number of allylic oxidation sites excluding steroid dienone is 3. The molecule has 0 aromatic heterocycles. The minimum Gasteiger partial charge on any atom is -0.462 e. The van der Waals surface area contributed by atoms with Crippen LogP contribution in [0.5, 0.6) is 0 Å². The van der Waals surface area contributed by atoms with Crippen molar-refractivity contribution in [1.82, 2.24) is 0 Å². The fourth-order valence-corrected chi connectivity index (χ4v) is 4.16. The number of rotatable bonds is 16. The molecule has 4 unspecified atom stereocenters. The second-order valence-electron chi connectivity index (χ2n) is 8.67. The van der Waals surface area contributed by atoms with E-state index in [2.05, 4.69) is 26.0 Å². The third-order valence-corrected chi connectivity index (χ3v) is 5.98. The SMILES string of the molecule is CCCCCCCCC(/C=C/C=C/C1CCC1C(CCCC)OC(C)=O)OC(C)=O. The van der Waals surface area contributed by atoms with Gasteiger partial charge < -0.3 is 9.47 Å². The van der Waals surface area contributed by atoms with Crippen LogP contribution in [0.15, 0.2) is 24.3 Å². The molecule has 1 aliphatic rings. The first-order valence-electron chi connectivity index (χ1n) is 12.2. The average Bonchev–Trinajstić information content (AvgIpc) is 2.66. The Bertz CT molecular complexity index is 537. The van der Waals surface area contributed by atoms with E-state index in [4.69, 9.17) is 9.47 Å². The Labute approximate surface area is 184 Å². The zero-order chi connectivity index (χ0) is 22.2. The van der Waals surface area contributed by atoms with Gasteiger partial charge in [-0.2, -0.15) is 0 Å². The van der Waals surface area contributed by atoms with Crippen molar-refractivity contribution in [3.8, 4) is 0 Å². The zero-order valence-electron chi connectivity index (χ0n) is 19.7. The van der Waals surface area contributed by atoms with Crippen molar-refractivity contribution in [3.05, 3.63) is 24.3 Å². The Morgan fingerprint density at radius 3 is 2.10 bits per heavy atom. The van der Waals surface area contributed by atoms with Crippen molar-refractivity contribution < 1.29 is 19.1 Å². The molecule has 1 saturated carbocycles. The van der Waals surface area contributed by atoms with Crippen molar-refractivity contribution in [2.24, 2.45) is 11.8 Å². The lowest BCUT2D eigenvalue weighted by atomic mass is 9.69. The summed E-state index contributed by atoms with van der Waals surface area (Å²) >= 11 is 0. The van der Waals surface area contributed by atoms with Crippen LogP contribution in [0, 0.1) is 11.8 Å². The second kappa shape index (κ2) is 16.2. The first-order valence-corrected chi connectivity index (χ1v) is 12.2. The Kier molecular flexibility index (Phi) is 14.2. The first kappa shape index (κ1) is 26.5. The highest BCUT2D eigenvalue weighted by molar-refractivity contribution is 5.66. The smallest absolute Gasteiger partial charge is 0.303 e. The number of hydrogen-bond donors (Lipinski definition) is 0. The predicted octanol–water partition coefficient (Wildman–Crippen LogP) is 6.93.